The van der Waals surface area contributed by atoms with E-state index in [1.54, 1.807) is 11.9 Å². The van der Waals surface area contributed by atoms with Crippen LogP contribution >= 0.6 is 11.9 Å². The summed E-state index contributed by atoms with van der Waals surface area (Å²) in [6, 6.07) is 15.1. The van der Waals surface area contributed by atoms with Gasteiger partial charge in [-0.1, -0.05) is 36.4 Å². The zero-order valence-corrected chi connectivity index (χ0v) is 11.8. The van der Waals surface area contributed by atoms with E-state index >= 15 is 0 Å². The Hall–Kier alpha value is -2.00. The van der Waals surface area contributed by atoms with Crippen molar-refractivity contribution in [1.82, 2.24) is 4.90 Å². The number of allylic oxidation sites excluding steroid dienone is 2. The minimum Gasteiger partial charge on any atom is -0.331 e. The predicted octanol–water partition coefficient (Wildman–Crippen LogP) is 4.11. The quantitative estimate of drug-likeness (QED) is 0.729. The fourth-order valence-corrected chi connectivity index (χ4v) is 3.35. The van der Waals surface area contributed by atoms with Crippen molar-refractivity contribution in [2.24, 2.45) is 4.40 Å². The molecule has 2 heterocycles. The van der Waals surface area contributed by atoms with Gasteiger partial charge >= 0.3 is 0 Å². The highest BCUT2D eigenvalue weighted by Gasteiger charge is 2.21. The van der Waals surface area contributed by atoms with E-state index in [2.05, 4.69) is 70.1 Å². The van der Waals surface area contributed by atoms with Gasteiger partial charge < -0.3 is 4.90 Å². The molecule has 2 aliphatic rings. The summed E-state index contributed by atoms with van der Waals surface area (Å²) in [6.07, 6.45) is 6.38. The summed E-state index contributed by atoms with van der Waals surface area (Å²) >= 11 is 1.65. The molecule has 0 bridgehead atoms. The van der Waals surface area contributed by atoms with Crippen LogP contribution < -0.4 is 0 Å². The Labute approximate surface area is 122 Å². The van der Waals surface area contributed by atoms with Crippen LogP contribution in [-0.2, 0) is 0 Å². The molecule has 2 aliphatic heterocycles. The standard InChI is InChI=1S/C17H14N2S/c1-2-5-14-12-15(8-7-13(14)4-1)16-6-3-9-19-10-11-20-18-17(16)19/h1-9,12H,10-11H2. The summed E-state index contributed by atoms with van der Waals surface area (Å²) in [6.45, 7) is 1.03. The van der Waals surface area contributed by atoms with Crippen LogP contribution in [0, 0.1) is 0 Å². The number of fused-ring (bicyclic) bond motifs is 2. The van der Waals surface area contributed by atoms with Gasteiger partial charge in [0.15, 0.2) is 0 Å². The Bertz CT molecular complexity index is 758. The first-order valence-corrected chi connectivity index (χ1v) is 7.71. The van der Waals surface area contributed by atoms with Crippen LogP contribution in [0.4, 0.5) is 0 Å². The summed E-state index contributed by atoms with van der Waals surface area (Å²) in [4.78, 5) is 2.24. The molecule has 0 radical (unpaired) electrons. The number of benzene rings is 2. The summed E-state index contributed by atoms with van der Waals surface area (Å²) in [5.41, 5.74) is 2.45. The SMILES string of the molecule is C1=CN2CCSN=C2C(c2ccc3ccccc3c2)=C1. The molecule has 0 saturated heterocycles. The van der Waals surface area contributed by atoms with Gasteiger partial charge in [0.25, 0.3) is 0 Å². The second kappa shape index (κ2) is 4.84. The van der Waals surface area contributed by atoms with Crippen molar-refractivity contribution >= 4 is 34.1 Å². The van der Waals surface area contributed by atoms with Crippen LogP contribution in [0.25, 0.3) is 16.3 Å². The Morgan fingerprint density at radius 1 is 1.05 bits per heavy atom. The van der Waals surface area contributed by atoms with E-state index in [1.807, 2.05) is 0 Å². The van der Waals surface area contributed by atoms with Crippen molar-refractivity contribution in [3.8, 4) is 0 Å². The van der Waals surface area contributed by atoms with Crippen molar-refractivity contribution in [2.75, 3.05) is 12.3 Å². The van der Waals surface area contributed by atoms with E-state index in [1.165, 1.54) is 21.9 Å². The molecule has 0 aromatic heterocycles. The van der Waals surface area contributed by atoms with Crippen LogP contribution in [0.5, 0.6) is 0 Å². The molecule has 98 valence electrons. The second-order valence-corrected chi connectivity index (χ2v) is 5.77. The average molecular weight is 278 g/mol. The van der Waals surface area contributed by atoms with Crippen LogP contribution in [0.1, 0.15) is 5.56 Å². The van der Waals surface area contributed by atoms with Crippen LogP contribution in [0.2, 0.25) is 0 Å². The first-order chi connectivity index (χ1) is 9.92. The van der Waals surface area contributed by atoms with E-state index in [0.29, 0.717) is 0 Å². The van der Waals surface area contributed by atoms with Gasteiger partial charge in [-0.05, 0) is 46.5 Å². The maximum atomic E-state index is 4.63. The topological polar surface area (TPSA) is 15.6 Å². The summed E-state index contributed by atoms with van der Waals surface area (Å²) < 4.78 is 4.63. The van der Waals surface area contributed by atoms with Gasteiger partial charge in [0.2, 0.25) is 0 Å². The molecule has 2 aromatic rings. The molecule has 3 heteroatoms. The lowest BCUT2D eigenvalue weighted by Gasteiger charge is -2.29. The van der Waals surface area contributed by atoms with Crippen molar-refractivity contribution in [1.29, 1.82) is 0 Å². The predicted molar refractivity (Wildman–Crippen MR) is 87.7 cm³/mol. The summed E-state index contributed by atoms with van der Waals surface area (Å²) in [7, 11) is 0. The number of hydrogen-bond acceptors (Lipinski definition) is 3. The first kappa shape index (κ1) is 11.8. The number of rotatable bonds is 1. The molecular weight excluding hydrogens is 264 g/mol. The zero-order valence-electron chi connectivity index (χ0n) is 11.0. The van der Waals surface area contributed by atoms with E-state index in [0.717, 1.165) is 18.1 Å². The minimum absolute atomic E-state index is 1.03. The molecule has 0 fully saturated rings. The minimum atomic E-state index is 1.03. The molecule has 0 spiro atoms. The van der Waals surface area contributed by atoms with Gasteiger partial charge in [0.05, 0.1) is 0 Å². The molecule has 20 heavy (non-hydrogen) atoms. The molecule has 4 rings (SSSR count). The maximum Gasteiger partial charge on any atom is 0.148 e. The molecule has 0 saturated carbocycles. The van der Waals surface area contributed by atoms with Crippen LogP contribution in [-0.4, -0.2) is 23.0 Å². The largest absolute Gasteiger partial charge is 0.331 e. The van der Waals surface area contributed by atoms with Crippen molar-refractivity contribution in [3.63, 3.8) is 0 Å². The average Bonchev–Trinajstić information content (AvgIpc) is 2.54. The summed E-state index contributed by atoms with van der Waals surface area (Å²) in [5, 5.41) is 2.55. The van der Waals surface area contributed by atoms with Gasteiger partial charge in [-0.15, -0.1) is 0 Å². The van der Waals surface area contributed by atoms with Crippen molar-refractivity contribution in [2.45, 2.75) is 0 Å². The molecular formula is C17H14N2S. The Kier molecular flexibility index (Phi) is 2.85. The molecule has 0 atom stereocenters. The number of nitrogens with zero attached hydrogens (tertiary/aromatic N) is 2. The van der Waals surface area contributed by atoms with E-state index in [9.17, 15) is 0 Å². The monoisotopic (exact) mass is 278 g/mol. The smallest absolute Gasteiger partial charge is 0.148 e. The Morgan fingerprint density at radius 3 is 2.90 bits per heavy atom. The lowest BCUT2D eigenvalue weighted by molar-refractivity contribution is 0.594. The van der Waals surface area contributed by atoms with E-state index in [-0.39, 0.29) is 0 Å². The Morgan fingerprint density at radius 2 is 1.95 bits per heavy atom. The molecule has 2 nitrogen and oxygen atoms in total. The molecule has 0 amide bonds. The fraction of sp³-hybridized carbons (Fsp3) is 0.118. The lowest BCUT2D eigenvalue weighted by Crippen LogP contribution is -2.32. The van der Waals surface area contributed by atoms with Gasteiger partial charge in [0.1, 0.15) is 5.84 Å². The maximum absolute atomic E-state index is 4.63. The molecule has 0 aliphatic carbocycles. The third kappa shape index (κ3) is 1.95. The van der Waals surface area contributed by atoms with Gasteiger partial charge in [-0.3, -0.25) is 0 Å². The van der Waals surface area contributed by atoms with Gasteiger partial charge in [-0.2, -0.15) is 4.40 Å². The van der Waals surface area contributed by atoms with E-state index < -0.39 is 0 Å². The van der Waals surface area contributed by atoms with Gasteiger partial charge in [-0.25, -0.2) is 0 Å². The van der Waals surface area contributed by atoms with E-state index in [4.69, 9.17) is 0 Å². The number of amidine groups is 1. The number of hydrogen-bond donors (Lipinski definition) is 0. The van der Waals surface area contributed by atoms with Gasteiger partial charge in [0, 0.05) is 24.1 Å². The highest BCUT2D eigenvalue weighted by Crippen LogP contribution is 2.29. The fourth-order valence-electron chi connectivity index (χ4n) is 2.65. The molecule has 0 N–H and O–H groups in total. The lowest BCUT2D eigenvalue weighted by atomic mass is 9.98. The highest BCUT2D eigenvalue weighted by molar-refractivity contribution is 7.98. The third-order valence-corrected chi connectivity index (χ3v) is 4.34. The normalized spacial score (nSPS) is 17.7. The van der Waals surface area contributed by atoms with Crippen LogP contribution in [0.3, 0.4) is 0 Å². The highest BCUT2D eigenvalue weighted by atomic mass is 32.2. The second-order valence-electron chi connectivity index (χ2n) is 4.93. The van der Waals surface area contributed by atoms with Crippen LogP contribution in [0.15, 0.2) is 65.2 Å². The first-order valence-electron chi connectivity index (χ1n) is 6.76. The molecule has 0 unspecified atom stereocenters. The molecule has 2 aromatic carbocycles. The summed E-state index contributed by atoms with van der Waals surface area (Å²) in [5.74, 6) is 2.14. The van der Waals surface area contributed by atoms with Crippen molar-refractivity contribution < 1.29 is 0 Å². The third-order valence-electron chi connectivity index (χ3n) is 3.68. The Balaban J connectivity index is 1.83. The van der Waals surface area contributed by atoms with Crippen molar-refractivity contribution in [3.05, 3.63) is 66.4 Å². The zero-order chi connectivity index (χ0) is 13.4.